The Labute approximate surface area is 150 Å². The van der Waals surface area contributed by atoms with Gasteiger partial charge >= 0.3 is 0 Å². The zero-order valence-electron chi connectivity index (χ0n) is 14.0. The number of carbonyl (C=O) groups excluding carboxylic acids is 1. The van der Waals surface area contributed by atoms with E-state index in [1.807, 2.05) is 18.2 Å². The first-order chi connectivity index (χ1) is 12.2. The van der Waals surface area contributed by atoms with Crippen molar-refractivity contribution in [2.24, 2.45) is 0 Å². The van der Waals surface area contributed by atoms with Crippen LogP contribution in [0.5, 0.6) is 0 Å². The molecule has 1 aromatic carbocycles. The van der Waals surface area contributed by atoms with E-state index in [2.05, 4.69) is 16.8 Å². The van der Waals surface area contributed by atoms with Gasteiger partial charge in [0.2, 0.25) is 0 Å². The lowest BCUT2D eigenvalue weighted by Crippen LogP contribution is -2.24. The van der Waals surface area contributed by atoms with Crippen molar-refractivity contribution in [1.82, 2.24) is 10.3 Å². The number of fused-ring (bicyclic) bond motifs is 3. The lowest BCUT2D eigenvalue weighted by atomic mass is 10.1. The molecule has 1 amide bonds. The maximum Gasteiger partial charge on any atom is 0.251 e. The van der Waals surface area contributed by atoms with Crippen LogP contribution in [0.3, 0.4) is 0 Å². The number of nitrogens with zero attached hydrogens (tertiary/aromatic N) is 1. The van der Waals surface area contributed by atoms with Gasteiger partial charge in [0.05, 0.1) is 5.52 Å². The fourth-order valence-corrected chi connectivity index (χ4v) is 3.84. The Kier molecular flexibility index (Phi) is 5.96. The van der Waals surface area contributed by atoms with Crippen molar-refractivity contribution in [3.63, 3.8) is 0 Å². The fourth-order valence-electron chi connectivity index (χ4n) is 2.89. The number of hydrogen-bond donors (Lipinski definition) is 3. The minimum absolute atomic E-state index is 0.0626. The van der Waals surface area contributed by atoms with Crippen molar-refractivity contribution < 1.29 is 15.0 Å². The predicted octanol–water partition coefficient (Wildman–Crippen LogP) is 2.88. The second-order valence-corrected chi connectivity index (χ2v) is 6.88. The summed E-state index contributed by atoms with van der Waals surface area (Å²) in [5, 5.41) is 24.9. The first kappa shape index (κ1) is 17.8. The Bertz CT molecular complexity index is 876. The number of nitrogens with one attached hydrogen (secondary N) is 1. The van der Waals surface area contributed by atoms with Crippen LogP contribution in [0.2, 0.25) is 0 Å². The third-order valence-electron chi connectivity index (χ3n) is 4.18. The van der Waals surface area contributed by atoms with Gasteiger partial charge in [-0.3, -0.25) is 9.78 Å². The van der Waals surface area contributed by atoms with E-state index in [9.17, 15) is 4.79 Å². The number of amides is 1. The van der Waals surface area contributed by atoms with Crippen molar-refractivity contribution in [3.8, 4) is 0 Å². The number of carbonyl (C=O) groups is 1. The third kappa shape index (κ3) is 3.98. The third-order valence-corrected chi connectivity index (χ3v) is 5.13. The van der Waals surface area contributed by atoms with Crippen LogP contribution >= 0.6 is 11.3 Å². The molecule has 132 valence electrons. The number of aliphatic hydroxyl groups excluding tert-OH is 2. The molecule has 3 N–H and O–H groups in total. The first-order valence-electron chi connectivity index (χ1n) is 8.54. The largest absolute Gasteiger partial charge is 0.396 e. The molecule has 0 spiro atoms. The quantitative estimate of drug-likeness (QED) is 0.541. The van der Waals surface area contributed by atoms with Gasteiger partial charge in [0.1, 0.15) is 0 Å². The normalized spacial score (nSPS) is 11.3. The smallest absolute Gasteiger partial charge is 0.251 e. The van der Waals surface area contributed by atoms with Crippen LogP contribution in [0.25, 0.3) is 21.0 Å². The number of aliphatic hydroxyl groups is 2. The number of rotatable bonds is 8. The number of thiophene rings is 1. The molecule has 2 aromatic heterocycles. The first-order valence-corrected chi connectivity index (χ1v) is 9.42. The van der Waals surface area contributed by atoms with Crippen LogP contribution in [0.1, 0.15) is 35.3 Å². The predicted molar refractivity (Wildman–Crippen MR) is 101 cm³/mol. The monoisotopic (exact) mass is 358 g/mol. The van der Waals surface area contributed by atoms with E-state index < -0.39 is 0 Å². The summed E-state index contributed by atoms with van der Waals surface area (Å²) in [6.45, 7) is 0.711. The molecular weight excluding hydrogens is 336 g/mol. The molecule has 0 bridgehead atoms. The second kappa shape index (κ2) is 8.38. The van der Waals surface area contributed by atoms with Crippen LogP contribution in [-0.4, -0.2) is 40.9 Å². The Morgan fingerprint density at radius 3 is 2.72 bits per heavy atom. The van der Waals surface area contributed by atoms with Gasteiger partial charge in [-0.15, -0.1) is 11.3 Å². The standard InChI is InChI=1S/C19H22N2O3S/c22-9-2-1-4-16-15-7-11-25-18(15)14-6-5-13(12-17(14)21-16)19(24)20-8-3-10-23/h5-7,11-12,22-23H,1-4,8-10H2,(H,20,24). The molecule has 0 fully saturated rings. The lowest BCUT2D eigenvalue weighted by molar-refractivity contribution is 0.0951. The number of unbranched alkanes of at least 4 members (excludes halogenated alkanes) is 1. The maximum atomic E-state index is 12.2. The fraction of sp³-hybridized carbons (Fsp3) is 0.368. The lowest BCUT2D eigenvalue weighted by Gasteiger charge is -2.09. The van der Waals surface area contributed by atoms with E-state index in [-0.39, 0.29) is 19.1 Å². The molecule has 6 heteroatoms. The molecule has 25 heavy (non-hydrogen) atoms. The average molecular weight is 358 g/mol. The Morgan fingerprint density at radius 2 is 1.92 bits per heavy atom. The van der Waals surface area contributed by atoms with Gasteiger partial charge in [-0.2, -0.15) is 0 Å². The van der Waals surface area contributed by atoms with Gasteiger partial charge in [-0.25, -0.2) is 0 Å². The summed E-state index contributed by atoms with van der Waals surface area (Å²) < 4.78 is 1.19. The van der Waals surface area contributed by atoms with Gasteiger partial charge < -0.3 is 15.5 Å². The zero-order chi connectivity index (χ0) is 17.6. The summed E-state index contributed by atoms with van der Waals surface area (Å²) in [6.07, 6.45) is 3.01. The van der Waals surface area contributed by atoms with Crippen molar-refractivity contribution in [2.75, 3.05) is 19.8 Å². The number of aryl methyl sites for hydroxylation is 1. The zero-order valence-corrected chi connectivity index (χ0v) is 14.8. The Hall–Kier alpha value is -2.02. The summed E-state index contributed by atoms with van der Waals surface area (Å²) in [5.41, 5.74) is 2.42. The molecule has 0 atom stereocenters. The van der Waals surface area contributed by atoms with Crippen molar-refractivity contribution in [2.45, 2.75) is 25.7 Å². The molecule has 0 aliphatic carbocycles. The van der Waals surface area contributed by atoms with Gasteiger partial charge in [0, 0.05) is 46.5 Å². The van der Waals surface area contributed by atoms with Crippen LogP contribution in [0.4, 0.5) is 0 Å². The molecular formula is C19H22N2O3S. The van der Waals surface area contributed by atoms with Crippen molar-refractivity contribution in [3.05, 3.63) is 40.9 Å². The van der Waals surface area contributed by atoms with Gasteiger partial charge in [-0.1, -0.05) is 6.07 Å². The van der Waals surface area contributed by atoms with E-state index in [1.165, 1.54) is 4.70 Å². The van der Waals surface area contributed by atoms with Crippen LogP contribution in [-0.2, 0) is 6.42 Å². The van der Waals surface area contributed by atoms with E-state index in [0.29, 0.717) is 18.5 Å². The highest BCUT2D eigenvalue weighted by Gasteiger charge is 2.12. The molecule has 0 aliphatic rings. The second-order valence-electron chi connectivity index (χ2n) is 5.97. The molecule has 0 aliphatic heterocycles. The van der Waals surface area contributed by atoms with Crippen LogP contribution in [0.15, 0.2) is 29.6 Å². The van der Waals surface area contributed by atoms with E-state index in [0.717, 1.165) is 41.2 Å². The van der Waals surface area contributed by atoms with Crippen molar-refractivity contribution >= 4 is 38.2 Å². The van der Waals surface area contributed by atoms with Gasteiger partial charge in [0.25, 0.3) is 5.91 Å². The maximum absolute atomic E-state index is 12.2. The highest BCUT2D eigenvalue weighted by atomic mass is 32.1. The number of aromatic nitrogens is 1. The highest BCUT2D eigenvalue weighted by molar-refractivity contribution is 7.18. The Morgan fingerprint density at radius 1 is 1.08 bits per heavy atom. The molecule has 0 unspecified atom stereocenters. The molecule has 0 saturated carbocycles. The summed E-state index contributed by atoms with van der Waals surface area (Å²) in [6, 6.07) is 7.71. The minimum atomic E-state index is -0.148. The SMILES string of the molecule is O=C(NCCCO)c1ccc2c(c1)nc(CCCCO)c1ccsc12. The molecule has 5 nitrogen and oxygen atoms in total. The van der Waals surface area contributed by atoms with Crippen LogP contribution < -0.4 is 5.32 Å². The summed E-state index contributed by atoms with van der Waals surface area (Å²) in [7, 11) is 0. The van der Waals surface area contributed by atoms with E-state index in [4.69, 9.17) is 15.2 Å². The van der Waals surface area contributed by atoms with Gasteiger partial charge in [0.15, 0.2) is 0 Å². The number of hydrogen-bond acceptors (Lipinski definition) is 5. The molecule has 0 saturated heterocycles. The van der Waals surface area contributed by atoms with Gasteiger partial charge in [-0.05, 0) is 49.3 Å². The summed E-state index contributed by atoms with van der Waals surface area (Å²) in [5.74, 6) is -0.148. The summed E-state index contributed by atoms with van der Waals surface area (Å²) >= 11 is 1.68. The topological polar surface area (TPSA) is 82.5 Å². The summed E-state index contributed by atoms with van der Waals surface area (Å²) in [4.78, 5) is 17.0. The number of pyridine rings is 1. The minimum Gasteiger partial charge on any atom is -0.396 e. The molecule has 3 rings (SSSR count). The average Bonchev–Trinajstić information content (AvgIpc) is 3.12. The number of benzene rings is 1. The Balaban J connectivity index is 1.94. The molecule has 2 heterocycles. The highest BCUT2D eigenvalue weighted by Crippen LogP contribution is 2.32. The van der Waals surface area contributed by atoms with E-state index >= 15 is 0 Å². The molecule has 0 radical (unpaired) electrons. The van der Waals surface area contributed by atoms with Crippen molar-refractivity contribution in [1.29, 1.82) is 0 Å². The molecule has 3 aromatic rings. The van der Waals surface area contributed by atoms with E-state index in [1.54, 1.807) is 11.3 Å². The van der Waals surface area contributed by atoms with Crippen LogP contribution in [0, 0.1) is 0 Å².